The minimum atomic E-state index is -0.657. The maximum atomic E-state index is 10.6. The Hall–Kier alpha value is -2.11. The van der Waals surface area contributed by atoms with Crippen LogP contribution in [0.25, 0.3) is 6.08 Å². The second-order valence-electron chi connectivity index (χ2n) is 2.29. The molecule has 6 nitrogen and oxygen atoms in total. The van der Waals surface area contributed by atoms with Gasteiger partial charge in [-0.1, -0.05) is 0 Å². The van der Waals surface area contributed by atoms with Crippen LogP contribution in [0.4, 0.5) is 5.88 Å². The van der Waals surface area contributed by atoms with Gasteiger partial charge in [-0.05, 0) is 12.1 Å². The molecule has 0 amide bonds. The summed E-state index contributed by atoms with van der Waals surface area (Å²) in [6, 6.07) is 2.59. The maximum absolute atomic E-state index is 10.6. The SMILES string of the molecule is COC(=O)C=Cc1ccc([N+](=O)[O-])o1. The van der Waals surface area contributed by atoms with Gasteiger partial charge in [0.25, 0.3) is 0 Å². The van der Waals surface area contributed by atoms with Gasteiger partial charge in [-0.3, -0.25) is 10.1 Å². The van der Waals surface area contributed by atoms with Gasteiger partial charge in [0.2, 0.25) is 0 Å². The molecule has 1 aromatic heterocycles. The third kappa shape index (κ3) is 2.44. The predicted octanol–water partition coefficient (Wildman–Crippen LogP) is 1.37. The van der Waals surface area contributed by atoms with Crippen molar-refractivity contribution in [1.82, 2.24) is 0 Å². The molecule has 0 fully saturated rings. The zero-order valence-electron chi connectivity index (χ0n) is 7.30. The molecule has 0 saturated heterocycles. The normalized spacial score (nSPS) is 10.4. The van der Waals surface area contributed by atoms with E-state index in [4.69, 9.17) is 4.42 Å². The molecule has 0 aliphatic heterocycles. The fourth-order valence-electron chi connectivity index (χ4n) is 0.748. The van der Waals surface area contributed by atoms with Crippen LogP contribution in [0.3, 0.4) is 0 Å². The van der Waals surface area contributed by atoms with Gasteiger partial charge in [0, 0.05) is 6.08 Å². The van der Waals surface area contributed by atoms with Crippen LogP contribution in [0.15, 0.2) is 22.6 Å². The maximum Gasteiger partial charge on any atom is 0.433 e. The van der Waals surface area contributed by atoms with Crippen LogP contribution in [0.5, 0.6) is 0 Å². The van der Waals surface area contributed by atoms with E-state index in [0.717, 1.165) is 6.08 Å². The first-order valence-corrected chi connectivity index (χ1v) is 3.63. The second kappa shape index (κ2) is 4.22. The van der Waals surface area contributed by atoms with Crippen molar-refractivity contribution in [3.63, 3.8) is 0 Å². The number of carbonyl (C=O) groups is 1. The van der Waals surface area contributed by atoms with Gasteiger partial charge >= 0.3 is 11.9 Å². The highest BCUT2D eigenvalue weighted by atomic mass is 16.6. The van der Waals surface area contributed by atoms with Crippen molar-refractivity contribution in [3.05, 3.63) is 34.1 Å². The molecule has 0 saturated carbocycles. The van der Waals surface area contributed by atoms with Gasteiger partial charge in [0.05, 0.1) is 13.2 Å². The monoisotopic (exact) mass is 197 g/mol. The molecule has 0 aromatic carbocycles. The molecule has 0 aliphatic rings. The van der Waals surface area contributed by atoms with E-state index in [1.807, 2.05) is 0 Å². The fourth-order valence-corrected chi connectivity index (χ4v) is 0.748. The Morgan fingerprint density at radius 3 is 2.86 bits per heavy atom. The quantitative estimate of drug-likeness (QED) is 0.316. The number of hydrogen-bond acceptors (Lipinski definition) is 5. The van der Waals surface area contributed by atoms with Crippen molar-refractivity contribution in [2.45, 2.75) is 0 Å². The van der Waals surface area contributed by atoms with Crippen molar-refractivity contribution >= 4 is 17.9 Å². The highest BCUT2D eigenvalue weighted by Crippen LogP contribution is 2.16. The van der Waals surface area contributed by atoms with E-state index < -0.39 is 10.9 Å². The smallest absolute Gasteiger partial charge is 0.433 e. The van der Waals surface area contributed by atoms with E-state index in [1.54, 1.807) is 0 Å². The highest BCUT2D eigenvalue weighted by Gasteiger charge is 2.09. The third-order valence-electron chi connectivity index (χ3n) is 1.38. The highest BCUT2D eigenvalue weighted by molar-refractivity contribution is 5.86. The minimum Gasteiger partial charge on any atom is -0.466 e. The van der Waals surface area contributed by atoms with E-state index in [1.165, 1.54) is 25.3 Å². The van der Waals surface area contributed by atoms with Crippen molar-refractivity contribution in [3.8, 4) is 0 Å². The first-order valence-electron chi connectivity index (χ1n) is 3.63. The Labute approximate surface area is 78.9 Å². The molecule has 0 N–H and O–H groups in total. The molecule has 74 valence electrons. The average Bonchev–Trinajstić information content (AvgIpc) is 2.62. The molecular formula is C8H7NO5. The van der Waals surface area contributed by atoms with E-state index in [0.29, 0.717) is 0 Å². The van der Waals surface area contributed by atoms with E-state index in [-0.39, 0.29) is 11.6 Å². The van der Waals surface area contributed by atoms with E-state index >= 15 is 0 Å². The van der Waals surface area contributed by atoms with E-state index in [2.05, 4.69) is 4.74 Å². The van der Waals surface area contributed by atoms with Crippen LogP contribution in [-0.4, -0.2) is 18.0 Å². The zero-order valence-corrected chi connectivity index (χ0v) is 7.30. The summed E-state index contributed by atoms with van der Waals surface area (Å²) in [6.07, 6.45) is 2.40. The summed E-state index contributed by atoms with van der Waals surface area (Å²) in [5.41, 5.74) is 0. The van der Waals surface area contributed by atoms with Crippen LogP contribution in [-0.2, 0) is 9.53 Å². The lowest BCUT2D eigenvalue weighted by atomic mass is 10.4. The number of hydrogen-bond donors (Lipinski definition) is 0. The molecule has 1 rings (SSSR count). The zero-order chi connectivity index (χ0) is 10.6. The molecule has 1 heterocycles. The Kier molecular flexibility index (Phi) is 3.01. The number of nitrogens with zero attached hydrogens (tertiary/aromatic N) is 1. The number of furan rings is 1. The standard InChI is InChI=1S/C8H7NO5/c1-13-8(10)5-3-6-2-4-7(14-6)9(11)12/h2-5H,1H3. The van der Waals surface area contributed by atoms with Crippen LogP contribution in [0.1, 0.15) is 5.76 Å². The molecule has 6 heteroatoms. The number of ether oxygens (including phenoxy) is 1. The number of methoxy groups -OCH3 is 1. The summed E-state index contributed by atoms with van der Waals surface area (Å²) in [5.74, 6) is -0.694. The number of esters is 1. The van der Waals surface area contributed by atoms with Gasteiger partial charge in [-0.15, -0.1) is 0 Å². The van der Waals surface area contributed by atoms with Crippen LogP contribution >= 0.6 is 0 Å². The summed E-state index contributed by atoms with van der Waals surface area (Å²) < 4.78 is 9.07. The van der Waals surface area contributed by atoms with Crippen molar-refractivity contribution in [2.24, 2.45) is 0 Å². The summed E-state index contributed by atoms with van der Waals surface area (Å²) in [5, 5.41) is 10.2. The van der Waals surface area contributed by atoms with E-state index in [9.17, 15) is 14.9 Å². The predicted molar refractivity (Wildman–Crippen MR) is 46.4 cm³/mol. The molecular weight excluding hydrogens is 190 g/mol. The van der Waals surface area contributed by atoms with Crippen LogP contribution in [0.2, 0.25) is 0 Å². The Morgan fingerprint density at radius 2 is 2.36 bits per heavy atom. The summed E-state index contributed by atoms with van der Waals surface area (Å²) in [6.45, 7) is 0. The fraction of sp³-hybridized carbons (Fsp3) is 0.125. The first kappa shape index (κ1) is 9.97. The number of carbonyl (C=O) groups excluding carboxylic acids is 1. The Morgan fingerprint density at radius 1 is 1.64 bits per heavy atom. The number of rotatable bonds is 3. The molecule has 0 atom stereocenters. The minimum absolute atomic E-state index is 0.224. The lowest BCUT2D eigenvalue weighted by molar-refractivity contribution is -0.402. The van der Waals surface area contributed by atoms with Crippen LogP contribution in [0, 0.1) is 10.1 Å². The molecule has 14 heavy (non-hydrogen) atoms. The Bertz CT molecular complexity index is 379. The average molecular weight is 197 g/mol. The lowest BCUT2D eigenvalue weighted by Gasteiger charge is -1.87. The van der Waals surface area contributed by atoms with Gasteiger partial charge in [-0.25, -0.2) is 4.79 Å². The van der Waals surface area contributed by atoms with Crippen molar-refractivity contribution in [2.75, 3.05) is 7.11 Å². The largest absolute Gasteiger partial charge is 0.466 e. The molecule has 0 aliphatic carbocycles. The van der Waals surface area contributed by atoms with Gasteiger partial charge in [0.15, 0.2) is 0 Å². The Balaban J connectivity index is 2.73. The topological polar surface area (TPSA) is 82.6 Å². The lowest BCUT2D eigenvalue weighted by Crippen LogP contribution is -1.92. The van der Waals surface area contributed by atoms with Gasteiger partial charge < -0.3 is 9.15 Å². The van der Waals surface area contributed by atoms with Crippen LogP contribution < -0.4 is 0 Å². The molecule has 0 unspecified atom stereocenters. The molecule has 0 radical (unpaired) electrons. The van der Waals surface area contributed by atoms with Crippen molar-refractivity contribution in [1.29, 1.82) is 0 Å². The molecule has 0 spiro atoms. The summed E-state index contributed by atoms with van der Waals surface area (Å²) in [7, 11) is 1.23. The first-order chi connectivity index (χ1) is 6.63. The second-order valence-corrected chi connectivity index (χ2v) is 2.29. The summed E-state index contributed by atoms with van der Waals surface area (Å²) >= 11 is 0. The number of nitro groups is 1. The summed E-state index contributed by atoms with van der Waals surface area (Å²) in [4.78, 5) is 20.2. The third-order valence-corrected chi connectivity index (χ3v) is 1.38. The van der Waals surface area contributed by atoms with Gasteiger partial charge in [0.1, 0.15) is 10.7 Å². The van der Waals surface area contributed by atoms with Gasteiger partial charge in [-0.2, -0.15) is 0 Å². The molecule has 1 aromatic rings. The van der Waals surface area contributed by atoms with Crippen molar-refractivity contribution < 1.29 is 18.9 Å². The molecule has 0 bridgehead atoms.